The largest absolute Gasteiger partial charge is 0.496 e. The number of methoxy groups -OCH3 is 8. The zero-order valence-electron chi connectivity index (χ0n) is 31.0. The molecular formula is C40H42O13. The highest BCUT2D eigenvalue weighted by Gasteiger charge is 2.62. The van der Waals surface area contributed by atoms with E-state index in [9.17, 15) is 4.79 Å². The molecule has 3 aliphatic rings. The van der Waals surface area contributed by atoms with E-state index in [4.69, 9.17) is 56.8 Å². The van der Waals surface area contributed by atoms with Crippen LogP contribution in [0.25, 0.3) is 0 Å². The first kappa shape index (κ1) is 35.7. The van der Waals surface area contributed by atoms with Crippen molar-refractivity contribution in [3.63, 3.8) is 0 Å². The Balaban J connectivity index is 1.53. The van der Waals surface area contributed by atoms with Crippen LogP contribution in [0.2, 0.25) is 0 Å². The first-order valence-electron chi connectivity index (χ1n) is 16.9. The molecule has 0 amide bonds. The molecule has 13 nitrogen and oxygen atoms in total. The average molecular weight is 731 g/mol. The van der Waals surface area contributed by atoms with Gasteiger partial charge in [-0.25, -0.2) is 0 Å². The highest BCUT2D eigenvalue weighted by atomic mass is 16.7. The number of rotatable bonds is 11. The summed E-state index contributed by atoms with van der Waals surface area (Å²) in [6, 6.07) is 16.2. The molecule has 7 rings (SSSR count). The maximum absolute atomic E-state index is 13.1. The van der Waals surface area contributed by atoms with E-state index < -0.39 is 36.0 Å². The molecule has 13 heteroatoms. The van der Waals surface area contributed by atoms with Gasteiger partial charge in [0.1, 0.15) is 40.6 Å². The fourth-order valence-corrected chi connectivity index (χ4v) is 7.63. The monoisotopic (exact) mass is 730 g/mol. The predicted octanol–water partition coefficient (Wildman–Crippen LogP) is 6.14. The van der Waals surface area contributed by atoms with E-state index >= 15 is 0 Å². The second-order valence-electron chi connectivity index (χ2n) is 12.6. The van der Waals surface area contributed by atoms with Crippen LogP contribution in [0.4, 0.5) is 0 Å². The van der Waals surface area contributed by atoms with Crippen molar-refractivity contribution in [3.8, 4) is 57.5 Å². The molecule has 53 heavy (non-hydrogen) atoms. The molecule has 2 bridgehead atoms. The third-order valence-electron chi connectivity index (χ3n) is 10.0. The molecule has 0 fully saturated rings. The van der Waals surface area contributed by atoms with Crippen molar-refractivity contribution in [2.75, 3.05) is 56.9 Å². The highest BCUT2D eigenvalue weighted by Crippen LogP contribution is 2.63. The Bertz CT molecular complexity index is 2040. The zero-order valence-corrected chi connectivity index (χ0v) is 31.0. The number of ether oxygens (including phenoxy) is 12. The van der Waals surface area contributed by atoms with Crippen molar-refractivity contribution >= 4 is 5.97 Å². The predicted molar refractivity (Wildman–Crippen MR) is 190 cm³/mol. The third kappa shape index (κ3) is 5.70. The fourth-order valence-electron chi connectivity index (χ4n) is 7.63. The lowest BCUT2D eigenvalue weighted by atomic mass is 9.74. The zero-order chi connectivity index (χ0) is 37.6. The maximum atomic E-state index is 13.1. The van der Waals surface area contributed by atoms with E-state index in [1.54, 1.807) is 86.2 Å². The van der Waals surface area contributed by atoms with Crippen LogP contribution in [-0.2, 0) is 26.5 Å². The van der Waals surface area contributed by atoms with Crippen molar-refractivity contribution in [2.45, 2.75) is 43.4 Å². The van der Waals surface area contributed by atoms with Gasteiger partial charge in [-0.1, -0.05) is 6.07 Å². The summed E-state index contributed by atoms with van der Waals surface area (Å²) >= 11 is 0. The Kier molecular flexibility index (Phi) is 9.45. The van der Waals surface area contributed by atoms with Gasteiger partial charge < -0.3 is 56.8 Å². The Labute approximate surface area is 307 Å². The molecule has 4 aromatic carbocycles. The van der Waals surface area contributed by atoms with E-state index in [0.717, 1.165) is 11.1 Å². The van der Waals surface area contributed by atoms with E-state index in [2.05, 4.69) is 0 Å². The lowest BCUT2D eigenvalue weighted by Gasteiger charge is -2.51. The summed E-state index contributed by atoms with van der Waals surface area (Å²) in [4.78, 5) is 13.1. The van der Waals surface area contributed by atoms with Crippen LogP contribution in [0.1, 0.15) is 46.8 Å². The van der Waals surface area contributed by atoms with E-state index in [-0.39, 0.29) is 0 Å². The Morgan fingerprint density at radius 2 is 1.28 bits per heavy atom. The number of carbonyl (C=O) groups is 1. The van der Waals surface area contributed by atoms with Gasteiger partial charge in [0.15, 0.2) is 35.2 Å². The van der Waals surface area contributed by atoms with Gasteiger partial charge >= 0.3 is 11.8 Å². The lowest BCUT2D eigenvalue weighted by Crippen LogP contribution is -2.59. The molecule has 0 saturated heterocycles. The summed E-state index contributed by atoms with van der Waals surface area (Å²) in [7, 11) is 12.6. The van der Waals surface area contributed by atoms with Crippen molar-refractivity contribution in [2.24, 2.45) is 0 Å². The molecule has 0 aliphatic carbocycles. The molecule has 3 heterocycles. The number of benzene rings is 4. The Morgan fingerprint density at radius 3 is 1.89 bits per heavy atom. The van der Waals surface area contributed by atoms with E-state index in [0.29, 0.717) is 80.6 Å². The number of esters is 1. The maximum Gasteiger partial charge on any atom is 0.316 e. The molecule has 280 valence electrons. The van der Waals surface area contributed by atoms with Gasteiger partial charge in [-0.3, -0.25) is 4.79 Å². The number of hydrogen-bond acceptors (Lipinski definition) is 13. The highest BCUT2D eigenvalue weighted by molar-refractivity contribution is 5.71. The minimum atomic E-state index is -1.75. The van der Waals surface area contributed by atoms with Gasteiger partial charge in [0.05, 0.1) is 55.7 Å². The lowest BCUT2D eigenvalue weighted by molar-refractivity contribution is -0.232. The molecule has 0 unspecified atom stereocenters. The average Bonchev–Trinajstić information content (AvgIpc) is 3.18. The van der Waals surface area contributed by atoms with Gasteiger partial charge in [-0.15, -0.1) is 0 Å². The van der Waals surface area contributed by atoms with Crippen molar-refractivity contribution in [1.82, 2.24) is 0 Å². The van der Waals surface area contributed by atoms with Crippen LogP contribution in [0.5, 0.6) is 57.5 Å². The quantitative estimate of drug-likeness (QED) is 0.164. The Morgan fingerprint density at radius 1 is 0.660 bits per heavy atom. The second kappa shape index (κ2) is 14.0. The number of fused-ring (bicyclic) bond motifs is 8. The molecule has 0 aromatic heterocycles. The van der Waals surface area contributed by atoms with Gasteiger partial charge in [0.25, 0.3) is 0 Å². The van der Waals surface area contributed by atoms with Crippen LogP contribution in [0.3, 0.4) is 0 Å². The van der Waals surface area contributed by atoms with Crippen molar-refractivity contribution < 1.29 is 61.6 Å². The first-order chi connectivity index (χ1) is 25.7. The van der Waals surface area contributed by atoms with Crippen LogP contribution < -0.4 is 47.4 Å². The molecule has 0 spiro atoms. The molecule has 4 aromatic rings. The minimum Gasteiger partial charge on any atom is -0.496 e. The normalized spacial score (nSPS) is 21.9. The summed E-state index contributed by atoms with van der Waals surface area (Å²) in [5.41, 5.74) is 3.24. The SMILES string of the molecule is COc1cc(OC)c2c(c1)O[C@@]1(c3ccc(OC)c(OC)c3)Oc3cc(OC)c4c(c3[C@@H]2[C@H]1OC(C)=O)O[C@H](c1ccc(OC)c(OC)c1)[C@H](OC)C4. The summed E-state index contributed by atoms with van der Waals surface area (Å²) in [5, 5.41) is 0. The van der Waals surface area contributed by atoms with Crippen molar-refractivity contribution in [3.05, 3.63) is 82.4 Å². The van der Waals surface area contributed by atoms with Gasteiger partial charge in [-0.2, -0.15) is 0 Å². The minimum absolute atomic E-state index is 0.384. The number of hydrogen-bond donors (Lipinski definition) is 0. The molecule has 5 atom stereocenters. The van der Waals surface area contributed by atoms with Crippen LogP contribution in [0, 0.1) is 0 Å². The number of carbonyl (C=O) groups excluding carboxylic acids is 1. The van der Waals surface area contributed by atoms with Crippen LogP contribution in [0.15, 0.2) is 54.6 Å². The summed E-state index contributed by atoms with van der Waals surface area (Å²) in [6.07, 6.45) is -1.73. The van der Waals surface area contributed by atoms with Crippen LogP contribution in [-0.4, -0.2) is 75.1 Å². The van der Waals surface area contributed by atoms with E-state index in [1.165, 1.54) is 14.0 Å². The second-order valence-corrected chi connectivity index (χ2v) is 12.6. The smallest absolute Gasteiger partial charge is 0.316 e. The van der Waals surface area contributed by atoms with Gasteiger partial charge in [0.2, 0.25) is 0 Å². The third-order valence-corrected chi connectivity index (χ3v) is 10.0. The topological polar surface area (TPSA) is 128 Å². The first-order valence-corrected chi connectivity index (χ1v) is 16.9. The molecule has 0 N–H and O–H groups in total. The van der Waals surface area contributed by atoms with Gasteiger partial charge in [-0.05, 0) is 35.9 Å². The molecule has 0 radical (unpaired) electrons. The van der Waals surface area contributed by atoms with E-state index in [1.807, 2.05) is 18.2 Å². The molecule has 0 saturated carbocycles. The summed E-state index contributed by atoms with van der Waals surface area (Å²) in [6.45, 7) is 1.34. The van der Waals surface area contributed by atoms with Gasteiger partial charge in [0, 0.05) is 60.9 Å². The summed E-state index contributed by atoms with van der Waals surface area (Å²) < 4.78 is 73.4. The standard InChI is InChI=1S/C40H42O13/c1-20(41)50-39-36-34-30(48-8)16-23(42-2)17-31(34)52-40(39,22-11-13-26(44-4)29(15-22)47-7)53-32-19-27(45-5)24-18-33(49-9)37(51-38(24)35(32)36)21-10-12-25(43-3)28(14-21)46-6/h10-17,19,33,36-37,39H,18H2,1-9H3/t33-,36-,37-,39-,40+/m1/s1. The Hall–Kier alpha value is -5.69. The van der Waals surface area contributed by atoms with Crippen molar-refractivity contribution in [1.29, 1.82) is 0 Å². The molecule has 3 aliphatic heterocycles. The fraction of sp³-hybridized carbons (Fsp3) is 0.375. The molecular weight excluding hydrogens is 688 g/mol. The summed E-state index contributed by atoms with van der Waals surface area (Å²) in [5.74, 6) is 1.66. The van der Waals surface area contributed by atoms with Crippen LogP contribution >= 0.6 is 0 Å².